The molecule has 1 fully saturated rings. The highest BCUT2D eigenvalue weighted by molar-refractivity contribution is 5.78. The third kappa shape index (κ3) is 6.75. The molecular weight excluding hydrogens is 224 g/mol. The molecule has 0 bridgehead atoms. The van der Waals surface area contributed by atoms with Crippen molar-refractivity contribution in [3.8, 4) is 0 Å². The van der Waals surface area contributed by atoms with E-state index in [1.807, 2.05) is 0 Å². The second-order valence-corrected chi connectivity index (χ2v) is 3.90. The Labute approximate surface area is 101 Å². The fraction of sp³-hybridized carbons (Fsp3) is 0.800. The molecule has 1 aliphatic rings. The standard InChI is InChI=1S/C10H20N4O3/c11-10(16)17-7-4-13-9(15)8-14-5-1-2-12-3-6-14/h12H,1-8H2,(H2,11,16)(H,13,15). The van der Waals surface area contributed by atoms with Crippen LogP contribution in [0.5, 0.6) is 0 Å². The van der Waals surface area contributed by atoms with E-state index in [9.17, 15) is 9.59 Å². The summed E-state index contributed by atoms with van der Waals surface area (Å²) in [5, 5.41) is 5.94. The number of nitrogens with zero attached hydrogens (tertiary/aromatic N) is 1. The van der Waals surface area contributed by atoms with Gasteiger partial charge in [-0.1, -0.05) is 0 Å². The second kappa shape index (κ2) is 7.86. The molecule has 0 spiro atoms. The summed E-state index contributed by atoms with van der Waals surface area (Å²) in [7, 11) is 0. The number of rotatable bonds is 5. The van der Waals surface area contributed by atoms with E-state index in [1.54, 1.807) is 0 Å². The van der Waals surface area contributed by atoms with Gasteiger partial charge in [-0.25, -0.2) is 4.79 Å². The Morgan fingerprint density at radius 3 is 2.94 bits per heavy atom. The fourth-order valence-corrected chi connectivity index (χ4v) is 1.66. The third-order valence-corrected chi connectivity index (χ3v) is 2.47. The van der Waals surface area contributed by atoms with Gasteiger partial charge in [-0.3, -0.25) is 9.69 Å². The van der Waals surface area contributed by atoms with Gasteiger partial charge in [0, 0.05) is 13.1 Å². The molecule has 1 rings (SSSR count). The molecule has 17 heavy (non-hydrogen) atoms. The highest BCUT2D eigenvalue weighted by Crippen LogP contribution is 1.94. The van der Waals surface area contributed by atoms with Crippen molar-refractivity contribution in [1.82, 2.24) is 15.5 Å². The SMILES string of the molecule is NC(=O)OCCNC(=O)CN1CCCNCC1. The Kier molecular flexibility index (Phi) is 6.34. The molecule has 1 heterocycles. The van der Waals surface area contributed by atoms with Gasteiger partial charge in [0.2, 0.25) is 5.91 Å². The topological polar surface area (TPSA) is 96.7 Å². The van der Waals surface area contributed by atoms with Crippen LogP contribution in [0.2, 0.25) is 0 Å². The van der Waals surface area contributed by atoms with Crippen LogP contribution < -0.4 is 16.4 Å². The van der Waals surface area contributed by atoms with Gasteiger partial charge in [-0.2, -0.15) is 0 Å². The maximum Gasteiger partial charge on any atom is 0.404 e. The average molecular weight is 244 g/mol. The van der Waals surface area contributed by atoms with E-state index >= 15 is 0 Å². The summed E-state index contributed by atoms with van der Waals surface area (Å²) < 4.78 is 4.50. The first-order valence-corrected chi connectivity index (χ1v) is 5.80. The minimum atomic E-state index is -0.821. The van der Waals surface area contributed by atoms with Crippen molar-refractivity contribution < 1.29 is 14.3 Å². The number of nitrogens with two attached hydrogens (primary N) is 1. The summed E-state index contributed by atoms with van der Waals surface area (Å²) in [5.74, 6) is -0.0556. The molecule has 98 valence electrons. The summed E-state index contributed by atoms with van der Waals surface area (Å²) in [4.78, 5) is 23.9. The van der Waals surface area contributed by atoms with Crippen molar-refractivity contribution in [2.75, 3.05) is 45.9 Å². The van der Waals surface area contributed by atoms with E-state index in [0.717, 1.165) is 32.6 Å². The molecule has 7 nitrogen and oxygen atoms in total. The molecule has 2 amide bonds. The van der Waals surface area contributed by atoms with Crippen molar-refractivity contribution in [1.29, 1.82) is 0 Å². The normalized spacial score (nSPS) is 17.2. The minimum absolute atomic E-state index is 0.0556. The molecule has 7 heteroatoms. The molecule has 0 aliphatic carbocycles. The fourth-order valence-electron chi connectivity index (χ4n) is 1.66. The first-order valence-electron chi connectivity index (χ1n) is 5.80. The Balaban J connectivity index is 2.08. The molecule has 0 aromatic heterocycles. The molecule has 1 saturated heterocycles. The number of hydrogen-bond acceptors (Lipinski definition) is 5. The van der Waals surface area contributed by atoms with E-state index < -0.39 is 6.09 Å². The average Bonchev–Trinajstić information content (AvgIpc) is 2.53. The largest absolute Gasteiger partial charge is 0.448 e. The highest BCUT2D eigenvalue weighted by atomic mass is 16.5. The van der Waals surface area contributed by atoms with Gasteiger partial charge in [0.1, 0.15) is 6.61 Å². The lowest BCUT2D eigenvalue weighted by molar-refractivity contribution is -0.122. The third-order valence-electron chi connectivity index (χ3n) is 2.47. The van der Waals surface area contributed by atoms with E-state index in [2.05, 4.69) is 20.3 Å². The molecule has 0 saturated carbocycles. The van der Waals surface area contributed by atoms with Gasteiger partial charge >= 0.3 is 6.09 Å². The van der Waals surface area contributed by atoms with E-state index in [-0.39, 0.29) is 12.5 Å². The van der Waals surface area contributed by atoms with Crippen LogP contribution in [-0.4, -0.2) is 62.8 Å². The van der Waals surface area contributed by atoms with Crippen molar-refractivity contribution in [3.63, 3.8) is 0 Å². The quantitative estimate of drug-likeness (QED) is 0.511. The molecule has 0 radical (unpaired) electrons. The van der Waals surface area contributed by atoms with Crippen molar-refractivity contribution in [3.05, 3.63) is 0 Å². The Morgan fingerprint density at radius 1 is 1.35 bits per heavy atom. The van der Waals surface area contributed by atoms with Gasteiger partial charge in [-0.15, -0.1) is 0 Å². The van der Waals surface area contributed by atoms with Crippen LogP contribution in [0.25, 0.3) is 0 Å². The maximum atomic E-state index is 11.5. The lowest BCUT2D eigenvalue weighted by Gasteiger charge is -2.18. The predicted molar refractivity (Wildman–Crippen MR) is 62.5 cm³/mol. The zero-order valence-electron chi connectivity index (χ0n) is 9.91. The summed E-state index contributed by atoms with van der Waals surface area (Å²) in [6, 6.07) is 0. The Bertz CT molecular complexity index is 252. The van der Waals surface area contributed by atoms with Gasteiger partial charge in [-0.05, 0) is 19.5 Å². The molecule has 0 atom stereocenters. The highest BCUT2D eigenvalue weighted by Gasteiger charge is 2.12. The maximum absolute atomic E-state index is 11.5. The Morgan fingerprint density at radius 2 is 2.18 bits per heavy atom. The molecule has 4 N–H and O–H groups in total. The second-order valence-electron chi connectivity index (χ2n) is 3.90. The van der Waals surface area contributed by atoms with Crippen LogP contribution in [0, 0.1) is 0 Å². The monoisotopic (exact) mass is 244 g/mol. The molecule has 1 aliphatic heterocycles. The molecule has 0 aromatic rings. The number of carbonyl (C=O) groups is 2. The number of carbonyl (C=O) groups excluding carboxylic acids is 2. The van der Waals surface area contributed by atoms with Crippen molar-refractivity contribution >= 4 is 12.0 Å². The number of primary amides is 1. The van der Waals surface area contributed by atoms with Crippen LogP contribution in [-0.2, 0) is 9.53 Å². The van der Waals surface area contributed by atoms with E-state index in [0.29, 0.717) is 13.1 Å². The van der Waals surface area contributed by atoms with Gasteiger partial charge in [0.15, 0.2) is 0 Å². The van der Waals surface area contributed by atoms with E-state index in [4.69, 9.17) is 5.73 Å². The van der Waals surface area contributed by atoms with Gasteiger partial charge in [0.05, 0.1) is 13.1 Å². The summed E-state index contributed by atoms with van der Waals surface area (Å²) in [6.45, 7) is 4.53. The van der Waals surface area contributed by atoms with Crippen LogP contribution in [0.1, 0.15) is 6.42 Å². The number of amides is 2. The first-order chi connectivity index (χ1) is 8.18. The van der Waals surface area contributed by atoms with Gasteiger partial charge in [0.25, 0.3) is 0 Å². The summed E-state index contributed by atoms with van der Waals surface area (Å²) >= 11 is 0. The van der Waals surface area contributed by atoms with E-state index in [1.165, 1.54) is 0 Å². The molecule has 0 unspecified atom stereocenters. The summed E-state index contributed by atoms with van der Waals surface area (Å²) in [6.07, 6.45) is 0.232. The zero-order chi connectivity index (χ0) is 12.5. The molecule has 0 aromatic carbocycles. The number of hydrogen-bond donors (Lipinski definition) is 3. The number of nitrogens with one attached hydrogen (secondary N) is 2. The van der Waals surface area contributed by atoms with Crippen molar-refractivity contribution in [2.45, 2.75) is 6.42 Å². The zero-order valence-corrected chi connectivity index (χ0v) is 9.91. The summed E-state index contributed by atoms with van der Waals surface area (Å²) in [5.41, 5.74) is 4.79. The lowest BCUT2D eigenvalue weighted by atomic mass is 10.4. The minimum Gasteiger partial charge on any atom is -0.448 e. The van der Waals surface area contributed by atoms with Crippen LogP contribution in [0.3, 0.4) is 0 Å². The van der Waals surface area contributed by atoms with Crippen LogP contribution in [0.15, 0.2) is 0 Å². The predicted octanol–water partition coefficient (Wildman–Crippen LogP) is -1.51. The smallest absolute Gasteiger partial charge is 0.404 e. The van der Waals surface area contributed by atoms with Crippen molar-refractivity contribution in [2.24, 2.45) is 5.73 Å². The first kappa shape index (κ1) is 13.7. The van der Waals surface area contributed by atoms with Crippen LogP contribution >= 0.6 is 0 Å². The number of ether oxygens (including phenoxy) is 1. The molecular formula is C10H20N4O3. The Hall–Kier alpha value is -1.34. The lowest BCUT2D eigenvalue weighted by Crippen LogP contribution is -2.40. The van der Waals surface area contributed by atoms with Gasteiger partial charge < -0.3 is 21.1 Å². The van der Waals surface area contributed by atoms with Crippen LogP contribution in [0.4, 0.5) is 4.79 Å².